The van der Waals surface area contributed by atoms with Crippen molar-refractivity contribution in [2.75, 3.05) is 13.2 Å². The Bertz CT molecular complexity index is 155. The lowest BCUT2D eigenvalue weighted by Gasteiger charge is -2.28. The zero-order valence-electron chi connectivity index (χ0n) is 9.01. The molecular formula is C12H22O. The van der Waals surface area contributed by atoms with Crippen LogP contribution in [0.5, 0.6) is 0 Å². The van der Waals surface area contributed by atoms with Crippen molar-refractivity contribution in [1.29, 1.82) is 0 Å². The molecule has 1 rings (SSSR count). The fourth-order valence-corrected chi connectivity index (χ4v) is 2.11. The molecule has 13 heavy (non-hydrogen) atoms. The third-order valence-electron chi connectivity index (χ3n) is 3.10. The van der Waals surface area contributed by atoms with Gasteiger partial charge in [0.05, 0.1) is 0 Å². The molecule has 1 saturated carbocycles. The quantitative estimate of drug-likeness (QED) is 0.605. The first-order chi connectivity index (χ1) is 6.24. The maximum atomic E-state index is 5.45. The monoisotopic (exact) mass is 182 g/mol. The average molecular weight is 182 g/mol. The van der Waals surface area contributed by atoms with Crippen LogP contribution in [0.1, 0.15) is 39.5 Å². The maximum absolute atomic E-state index is 5.45. The van der Waals surface area contributed by atoms with Crippen molar-refractivity contribution in [3.63, 3.8) is 0 Å². The third-order valence-corrected chi connectivity index (χ3v) is 3.10. The normalized spacial score (nSPS) is 28.8. The Morgan fingerprint density at radius 1 is 1.31 bits per heavy atom. The zero-order valence-corrected chi connectivity index (χ0v) is 9.01. The molecule has 0 N–H and O–H groups in total. The van der Waals surface area contributed by atoms with E-state index in [1.807, 2.05) is 0 Å². The highest BCUT2D eigenvalue weighted by Gasteiger charge is 2.21. The Labute approximate surface area is 82.2 Å². The standard InChI is InChI=1S/C12H22O/c1-4-13-9-11-5-7-12(8-6-11)10(2)3/h11-12H,2,4-9H2,1,3H3/t11-,12+. The first kappa shape index (κ1) is 10.8. The van der Waals surface area contributed by atoms with E-state index < -0.39 is 0 Å². The molecule has 76 valence electrons. The zero-order chi connectivity index (χ0) is 9.68. The number of ether oxygens (including phenoxy) is 1. The fraction of sp³-hybridized carbons (Fsp3) is 0.833. The third kappa shape index (κ3) is 3.51. The van der Waals surface area contributed by atoms with Crippen molar-refractivity contribution in [3.05, 3.63) is 12.2 Å². The van der Waals surface area contributed by atoms with Gasteiger partial charge in [-0.1, -0.05) is 12.2 Å². The molecular weight excluding hydrogens is 160 g/mol. The van der Waals surface area contributed by atoms with E-state index in [1.165, 1.54) is 31.3 Å². The molecule has 0 atom stereocenters. The summed E-state index contributed by atoms with van der Waals surface area (Å²) in [5, 5.41) is 0. The van der Waals surface area contributed by atoms with Crippen LogP contribution >= 0.6 is 0 Å². The van der Waals surface area contributed by atoms with Crippen molar-refractivity contribution in [2.45, 2.75) is 39.5 Å². The van der Waals surface area contributed by atoms with Crippen LogP contribution in [-0.2, 0) is 4.74 Å². The number of hydrogen-bond acceptors (Lipinski definition) is 1. The van der Waals surface area contributed by atoms with E-state index in [0.717, 1.165) is 25.0 Å². The molecule has 0 aromatic rings. The van der Waals surface area contributed by atoms with Gasteiger partial charge >= 0.3 is 0 Å². The van der Waals surface area contributed by atoms with Gasteiger partial charge in [0.25, 0.3) is 0 Å². The SMILES string of the molecule is C=C(C)[C@H]1CC[C@@H](COCC)CC1. The van der Waals surface area contributed by atoms with E-state index in [2.05, 4.69) is 20.4 Å². The summed E-state index contributed by atoms with van der Waals surface area (Å²) in [7, 11) is 0. The van der Waals surface area contributed by atoms with Crippen LogP contribution in [0.25, 0.3) is 0 Å². The minimum atomic E-state index is 0.790. The lowest BCUT2D eigenvalue weighted by Crippen LogP contribution is -2.19. The molecule has 0 saturated heterocycles. The second-order valence-electron chi connectivity index (χ2n) is 4.22. The molecule has 1 aliphatic carbocycles. The number of rotatable bonds is 4. The van der Waals surface area contributed by atoms with E-state index in [1.54, 1.807) is 0 Å². The number of allylic oxidation sites excluding steroid dienone is 1. The largest absolute Gasteiger partial charge is 0.381 e. The summed E-state index contributed by atoms with van der Waals surface area (Å²) >= 11 is 0. The molecule has 0 radical (unpaired) electrons. The first-order valence-electron chi connectivity index (χ1n) is 5.47. The Hall–Kier alpha value is -0.300. The highest BCUT2D eigenvalue weighted by molar-refractivity contribution is 4.97. The summed E-state index contributed by atoms with van der Waals surface area (Å²) in [6, 6.07) is 0. The molecule has 0 aromatic heterocycles. The van der Waals surface area contributed by atoms with Crippen molar-refractivity contribution in [2.24, 2.45) is 11.8 Å². The molecule has 1 aliphatic rings. The van der Waals surface area contributed by atoms with E-state index in [0.29, 0.717) is 0 Å². The second kappa shape index (κ2) is 5.43. The Kier molecular flexibility index (Phi) is 4.51. The van der Waals surface area contributed by atoms with Gasteiger partial charge in [0, 0.05) is 13.2 Å². The maximum Gasteiger partial charge on any atom is 0.0494 e. The molecule has 1 heteroatoms. The fourth-order valence-electron chi connectivity index (χ4n) is 2.11. The number of hydrogen-bond donors (Lipinski definition) is 0. The molecule has 0 aliphatic heterocycles. The molecule has 0 heterocycles. The van der Waals surface area contributed by atoms with E-state index in [4.69, 9.17) is 4.74 Å². The summed E-state index contributed by atoms with van der Waals surface area (Å²) in [4.78, 5) is 0. The van der Waals surface area contributed by atoms with Gasteiger partial charge < -0.3 is 4.74 Å². The second-order valence-corrected chi connectivity index (χ2v) is 4.22. The van der Waals surface area contributed by atoms with Crippen molar-refractivity contribution >= 4 is 0 Å². The van der Waals surface area contributed by atoms with Crippen LogP contribution < -0.4 is 0 Å². The molecule has 0 spiro atoms. The first-order valence-corrected chi connectivity index (χ1v) is 5.47. The van der Waals surface area contributed by atoms with Crippen molar-refractivity contribution < 1.29 is 4.74 Å². The summed E-state index contributed by atoms with van der Waals surface area (Å²) in [5.41, 5.74) is 1.37. The average Bonchev–Trinajstić information content (AvgIpc) is 2.15. The minimum Gasteiger partial charge on any atom is -0.381 e. The van der Waals surface area contributed by atoms with Gasteiger partial charge in [-0.05, 0) is 51.4 Å². The molecule has 0 aromatic carbocycles. The van der Waals surface area contributed by atoms with E-state index >= 15 is 0 Å². The lowest BCUT2D eigenvalue weighted by atomic mass is 9.79. The van der Waals surface area contributed by atoms with Crippen LogP contribution in [0, 0.1) is 11.8 Å². The topological polar surface area (TPSA) is 9.23 Å². The lowest BCUT2D eigenvalue weighted by molar-refractivity contribution is 0.0894. The smallest absolute Gasteiger partial charge is 0.0494 e. The molecule has 1 nitrogen and oxygen atoms in total. The van der Waals surface area contributed by atoms with Crippen LogP contribution in [0.15, 0.2) is 12.2 Å². The molecule has 0 unspecified atom stereocenters. The van der Waals surface area contributed by atoms with Gasteiger partial charge in [-0.3, -0.25) is 0 Å². The van der Waals surface area contributed by atoms with Gasteiger partial charge in [-0.15, -0.1) is 0 Å². The van der Waals surface area contributed by atoms with Crippen LogP contribution in [-0.4, -0.2) is 13.2 Å². The minimum absolute atomic E-state index is 0.790. The van der Waals surface area contributed by atoms with Crippen molar-refractivity contribution in [3.8, 4) is 0 Å². The summed E-state index contributed by atoms with van der Waals surface area (Å²) in [5.74, 6) is 1.61. The predicted octanol–water partition coefficient (Wildman–Crippen LogP) is 3.41. The summed E-state index contributed by atoms with van der Waals surface area (Å²) in [6.07, 6.45) is 5.31. The van der Waals surface area contributed by atoms with Gasteiger partial charge in [0.15, 0.2) is 0 Å². The Balaban J connectivity index is 2.18. The Morgan fingerprint density at radius 2 is 1.92 bits per heavy atom. The van der Waals surface area contributed by atoms with Crippen molar-refractivity contribution in [1.82, 2.24) is 0 Å². The molecule has 0 bridgehead atoms. The molecule has 1 fully saturated rings. The molecule has 0 amide bonds. The van der Waals surface area contributed by atoms with Crippen LogP contribution in [0.3, 0.4) is 0 Å². The highest BCUT2D eigenvalue weighted by atomic mass is 16.5. The predicted molar refractivity (Wildman–Crippen MR) is 56.8 cm³/mol. The van der Waals surface area contributed by atoms with Gasteiger partial charge in [0.1, 0.15) is 0 Å². The van der Waals surface area contributed by atoms with E-state index in [9.17, 15) is 0 Å². The van der Waals surface area contributed by atoms with Gasteiger partial charge in [0.2, 0.25) is 0 Å². The summed E-state index contributed by atoms with van der Waals surface area (Å²) in [6.45, 7) is 10.1. The van der Waals surface area contributed by atoms with E-state index in [-0.39, 0.29) is 0 Å². The van der Waals surface area contributed by atoms with Crippen LogP contribution in [0.4, 0.5) is 0 Å². The van der Waals surface area contributed by atoms with Gasteiger partial charge in [-0.25, -0.2) is 0 Å². The highest BCUT2D eigenvalue weighted by Crippen LogP contribution is 2.32. The Morgan fingerprint density at radius 3 is 2.38 bits per heavy atom. The summed E-state index contributed by atoms with van der Waals surface area (Å²) < 4.78 is 5.45. The van der Waals surface area contributed by atoms with Gasteiger partial charge in [-0.2, -0.15) is 0 Å². The van der Waals surface area contributed by atoms with Crippen LogP contribution in [0.2, 0.25) is 0 Å².